The van der Waals surface area contributed by atoms with Crippen molar-refractivity contribution in [3.8, 4) is 5.75 Å². The summed E-state index contributed by atoms with van der Waals surface area (Å²) in [6.45, 7) is 5.42. The van der Waals surface area contributed by atoms with Crippen LogP contribution >= 0.6 is 0 Å². The fourth-order valence-corrected chi connectivity index (χ4v) is 4.48. The molecule has 0 aliphatic carbocycles. The van der Waals surface area contributed by atoms with E-state index in [1.54, 1.807) is 42.3 Å². The van der Waals surface area contributed by atoms with Crippen molar-refractivity contribution >= 4 is 5.69 Å². The Labute approximate surface area is 192 Å². The molecule has 7 nitrogen and oxygen atoms in total. The molecule has 2 aromatic heterocycles. The molecule has 3 heterocycles. The van der Waals surface area contributed by atoms with Gasteiger partial charge in [0.2, 0.25) is 0 Å². The number of benzene rings is 1. The molecule has 1 atom stereocenters. The highest BCUT2D eigenvalue weighted by Gasteiger charge is 2.31. The lowest BCUT2D eigenvalue weighted by Gasteiger charge is -2.40. The van der Waals surface area contributed by atoms with Gasteiger partial charge < -0.3 is 19.3 Å². The molecule has 0 bridgehead atoms. The molecule has 8 heteroatoms. The number of aryl methyl sites for hydroxylation is 1. The van der Waals surface area contributed by atoms with Crippen molar-refractivity contribution in [3.63, 3.8) is 0 Å². The normalized spacial score (nSPS) is 15.5. The summed E-state index contributed by atoms with van der Waals surface area (Å²) in [4.78, 5) is 22.1. The number of ether oxygens (including phenoxy) is 1. The third-order valence-corrected chi connectivity index (χ3v) is 6.21. The largest absolute Gasteiger partial charge is 0.507 e. The van der Waals surface area contributed by atoms with Crippen LogP contribution in [-0.2, 0) is 11.3 Å². The molecule has 0 spiro atoms. The van der Waals surface area contributed by atoms with E-state index < -0.39 is 6.04 Å². The molecular weight excluding hydrogens is 423 g/mol. The number of piperazine rings is 1. The molecule has 0 unspecified atom stereocenters. The lowest BCUT2D eigenvalue weighted by molar-refractivity contribution is 0.183. The van der Waals surface area contributed by atoms with Crippen molar-refractivity contribution in [3.05, 3.63) is 87.9 Å². The second-order valence-electron chi connectivity index (χ2n) is 8.22. The van der Waals surface area contributed by atoms with E-state index >= 15 is 0 Å². The first-order valence-electron chi connectivity index (χ1n) is 11.1. The van der Waals surface area contributed by atoms with Gasteiger partial charge in [0.1, 0.15) is 11.6 Å². The van der Waals surface area contributed by atoms with Gasteiger partial charge >= 0.3 is 0 Å². The minimum Gasteiger partial charge on any atom is -0.507 e. The highest BCUT2D eigenvalue weighted by molar-refractivity contribution is 5.47. The number of methoxy groups -OCH3 is 1. The topological polar surface area (TPSA) is 70.8 Å². The molecule has 1 aliphatic rings. The molecule has 0 radical (unpaired) electrons. The Morgan fingerprint density at radius 3 is 2.39 bits per heavy atom. The molecular formula is C25H29FN4O3. The van der Waals surface area contributed by atoms with Gasteiger partial charge in [-0.3, -0.25) is 14.7 Å². The Morgan fingerprint density at radius 1 is 1.09 bits per heavy atom. The third-order valence-electron chi connectivity index (χ3n) is 6.21. The monoisotopic (exact) mass is 452 g/mol. The van der Waals surface area contributed by atoms with Gasteiger partial charge in [-0.15, -0.1) is 0 Å². The summed E-state index contributed by atoms with van der Waals surface area (Å²) in [5.74, 6) is -0.260. The van der Waals surface area contributed by atoms with Crippen LogP contribution in [0.2, 0.25) is 0 Å². The number of hydrogen-bond donors (Lipinski definition) is 1. The van der Waals surface area contributed by atoms with Crippen LogP contribution in [0.15, 0.2) is 59.7 Å². The fourth-order valence-electron chi connectivity index (χ4n) is 4.48. The zero-order valence-corrected chi connectivity index (χ0v) is 18.9. The van der Waals surface area contributed by atoms with E-state index in [-0.39, 0.29) is 17.1 Å². The van der Waals surface area contributed by atoms with Crippen LogP contribution in [0.1, 0.15) is 22.9 Å². The molecule has 1 saturated heterocycles. The molecule has 1 N–H and O–H groups in total. The first-order valence-corrected chi connectivity index (χ1v) is 11.1. The first kappa shape index (κ1) is 22.9. The average Bonchev–Trinajstić information content (AvgIpc) is 2.83. The zero-order valence-electron chi connectivity index (χ0n) is 18.9. The highest BCUT2D eigenvalue weighted by Crippen LogP contribution is 2.33. The van der Waals surface area contributed by atoms with Crippen LogP contribution in [0.4, 0.5) is 10.1 Å². The van der Waals surface area contributed by atoms with Crippen molar-refractivity contribution in [2.24, 2.45) is 0 Å². The molecule has 0 saturated carbocycles. The summed E-state index contributed by atoms with van der Waals surface area (Å²) in [6.07, 6.45) is 3.40. The van der Waals surface area contributed by atoms with Crippen molar-refractivity contribution in [2.75, 3.05) is 44.8 Å². The molecule has 1 aromatic carbocycles. The van der Waals surface area contributed by atoms with Crippen LogP contribution in [0.5, 0.6) is 5.75 Å². The van der Waals surface area contributed by atoms with E-state index in [0.29, 0.717) is 37.5 Å². The standard InChI is InChI=1S/C25H29FN4O3/c1-18-17-22(31)23(25(32)30(18)15-16-33-2)24(19-7-9-27-10-8-19)29-13-11-28(12-14-29)21-5-3-20(26)4-6-21/h3-10,17,24,31H,11-16H2,1-2H3/t24-/m0/s1. The van der Waals surface area contributed by atoms with Gasteiger partial charge in [0.25, 0.3) is 5.56 Å². The number of anilines is 1. The van der Waals surface area contributed by atoms with Crippen molar-refractivity contribution in [1.29, 1.82) is 0 Å². The van der Waals surface area contributed by atoms with Gasteiger partial charge in [0, 0.05) is 63.6 Å². The molecule has 174 valence electrons. The predicted octanol–water partition coefficient (Wildman–Crippen LogP) is 2.95. The Balaban J connectivity index is 1.68. The Hall–Kier alpha value is -3.23. The van der Waals surface area contributed by atoms with Gasteiger partial charge in [-0.2, -0.15) is 0 Å². The maximum Gasteiger partial charge on any atom is 0.259 e. The fraction of sp³-hybridized carbons (Fsp3) is 0.360. The van der Waals surface area contributed by atoms with Gasteiger partial charge in [-0.1, -0.05) is 0 Å². The van der Waals surface area contributed by atoms with Crippen molar-refractivity contribution in [2.45, 2.75) is 19.5 Å². The van der Waals surface area contributed by atoms with E-state index in [1.807, 2.05) is 19.1 Å². The van der Waals surface area contributed by atoms with Gasteiger partial charge in [-0.05, 0) is 55.0 Å². The number of aromatic nitrogens is 2. The highest BCUT2D eigenvalue weighted by atomic mass is 19.1. The molecule has 1 fully saturated rings. The quantitative estimate of drug-likeness (QED) is 0.595. The van der Waals surface area contributed by atoms with Crippen molar-refractivity contribution < 1.29 is 14.2 Å². The second kappa shape index (κ2) is 10.1. The summed E-state index contributed by atoms with van der Waals surface area (Å²) >= 11 is 0. The maximum absolute atomic E-state index is 13.6. The lowest BCUT2D eigenvalue weighted by atomic mass is 9.96. The van der Waals surface area contributed by atoms with Gasteiger partial charge in [0.15, 0.2) is 0 Å². The van der Waals surface area contributed by atoms with E-state index in [4.69, 9.17) is 4.74 Å². The summed E-state index contributed by atoms with van der Waals surface area (Å²) in [5, 5.41) is 10.9. The SMILES string of the molecule is COCCn1c(C)cc(O)c([C@H](c2ccncc2)N2CCN(c3ccc(F)cc3)CC2)c1=O. The number of pyridine rings is 2. The minimum absolute atomic E-state index is 0.00561. The number of nitrogens with zero attached hydrogens (tertiary/aromatic N) is 4. The van der Waals surface area contributed by atoms with Crippen LogP contribution in [0.25, 0.3) is 0 Å². The molecule has 33 heavy (non-hydrogen) atoms. The van der Waals surface area contributed by atoms with Crippen LogP contribution in [0, 0.1) is 12.7 Å². The molecule has 3 aromatic rings. The second-order valence-corrected chi connectivity index (χ2v) is 8.22. The first-order chi connectivity index (χ1) is 16.0. The summed E-state index contributed by atoms with van der Waals surface area (Å²) in [6, 6.07) is 11.5. The Kier molecular flexibility index (Phi) is 7.05. The number of halogens is 1. The van der Waals surface area contributed by atoms with E-state index in [0.717, 1.165) is 24.3 Å². The van der Waals surface area contributed by atoms with E-state index in [2.05, 4.69) is 14.8 Å². The third kappa shape index (κ3) is 4.91. The summed E-state index contributed by atoms with van der Waals surface area (Å²) in [7, 11) is 1.60. The van der Waals surface area contributed by atoms with Crippen LogP contribution in [-0.4, -0.2) is 59.5 Å². The maximum atomic E-state index is 13.6. The average molecular weight is 453 g/mol. The van der Waals surface area contributed by atoms with E-state index in [1.165, 1.54) is 12.1 Å². The van der Waals surface area contributed by atoms with Gasteiger partial charge in [-0.25, -0.2) is 4.39 Å². The zero-order chi connectivity index (χ0) is 23.4. The smallest absolute Gasteiger partial charge is 0.259 e. The Morgan fingerprint density at radius 2 is 1.76 bits per heavy atom. The Bertz CT molecular complexity index is 1130. The van der Waals surface area contributed by atoms with Gasteiger partial charge in [0.05, 0.1) is 18.2 Å². The molecule has 4 rings (SSSR count). The molecule has 0 amide bonds. The number of aromatic hydroxyl groups is 1. The summed E-state index contributed by atoms with van der Waals surface area (Å²) < 4.78 is 20.1. The van der Waals surface area contributed by atoms with E-state index in [9.17, 15) is 14.3 Å². The summed E-state index contributed by atoms with van der Waals surface area (Å²) in [5.41, 5.74) is 2.70. The lowest BCUT2D eigenvalue weighted by Crippen LogP contribution is -2.49. The van der Waals surface area contributed by atoms with Crippen molar-refractivity contribution in [1.82, 2.24) is 14.5 Å². The predicted molar refractivity (Wildman–Crippen MR) is 125 cm³/mol. The molecule has 1 aliphatic heterocycles. The number of hydrogen-bond acceptors (Lipinski definition) is 6. The minimum atomic E-state index is -0.412. The van der Waals surface area contributed by atoms with Crippen LogP contribution in [0.3, 0.4) is 0 Å². The number of rotatable bonds is 7. The van der Waals surface area contributed by atoms with Crippen LogP contribution < -0.4 is 10.5 Å².